The van der Waals surface area contributed by atoms with Crippen molar-refractivity contribution in [2.75, 3.05) is 5.32 Å². The average molecular weight is 297 g/mol. The van der Waals surface area contributed by atoms with Crippen LogP contribution in [0.3, 0.4) is 0 Å². The van der Waals surface area contributed by atoms with Crippen molar-refractivity contribution in [3.05, 3.63) is 28.8 Å². The first-order valence-corrected chi connectivity index (χ1v) is 7.53. The Morgan fingerprint density at radius 1 is 1.20 bits per heavy atom. The molecule has 0 aliphatic carbocycles. The molecule has 0 bridgehead atoms. The molecule has 4 heteroatoms. The van der Waals surface area contributed by atoms with E-state index in [9.17, 15) is 4.79 Å². The Labute approximate surface area is 126 Å². The average Bonchev–Trinajstić information content (AvgIpc) is 2.29. The van der Waals surface area contributed by atoms with Gasteiger partial charge in [-0.2, -0.15) is 0 Å². The highest BCUT2D eigenvalue weighted by Crippen LogP contribution is 2.23. The van der Waals surface area contributed by atoms with Gasteiger partial charge < -0.3 is 11.1 Å². The second kappa shape index (κ2) is 7.53. The zero-order valence-electron chi connectivity index (χ0n) is 12.7. The van der Waals surface area contributed by atoms with Crippen LogP contribution in [0.15, 0.2) is 18.2 Å². The maximum absolute atomic E-state index is 11.3. The largest absolute Gasteiger partial charge is 0.382 e. The third kappa shape index (κ3) is 5.41. The first-order valence-electron chi connectivity index (χ1n) is 7.15. The fraction of sp³-hybridized carbons (Fsp3) is 0.562. The molecule has 1 aromatic rings. The molecule has 0 aromatic heterocycles. The molecule has 1 rings (SSSR count). The van der Waals surface area contributed by atoms with E-state index < -0.39 is 5.91 Å². The van der Waals surface area contributed by atoms with Gasteiger partial charge in [0.05, 0.1) is 10.6 Å². The summed E-state index contributed by atoms with van der Waals surface area (Å²) in [5.74, 6) is 0.742. The van der Waals surface area contributed by atoms with Gasteiger partial charge in [-0.25, -0.2) is 0 Å². The number of hydrogen-bond donors (Lipinski definition) is 2. The SMILES string of the molecule is CC(C)CC(CC(C)C)Nc1ccc(Cl)c(C(N)=O)c1. The molecule has 112 valence electrons. The second-order valence-electron chi connectivity index (χ2n) is 6.16. The van der Waals surface area contributed by atoms with Crippen molar-refractivity contribution >= 4 is 23.2 Å². The van der Waals surface area contributed by atoms with E-state index in [1.54, 1.807) is 12.1 Å². The maximum atomic E-state index is 11.3. The van der Waals surface area contributed by atoms with Gasteiger partial charge in [0, 0.05) is 11.7 Å². The van der Waals surface area contributed by atoms with Crippen LogP contribution in [0.2, 0.25) is 5.02 Å². The lowest BCUT2D eigenvalue weighted by molar-refractivity contribution is 0.100. The van der Waals surface area contributed by atoms with E-state index in [1.807, 2.05) is 6.07 Å². The van der Waals surface area contributed by atoms with Crippen LogP contribution in [0.1, 0.15) is 50.9 Å². The normalized spacial score (nSPS) is 11.4. The zero-order valence-corrected chi connectivity index (χ0v) is 13.5. The van der Waals surface area contributed by atoms with Gasteiger partial charge in [-0.3, -0.25) is 4.79 Å². The first kappa shape index (κ1) is 16.8. The smallest absolute Gasteiger partial charge is 0.250 e. The Hall–Kier alpha value is -1.22. The number of carbonyl (C=O) groups excluding carboxylic acids is 1. The molecule has 0 aliphatic rings. The molecule has 0 unspecified atom stereocenters. The lowest BCUT2D eigenvalue weighted by atomic mass is 9.95. The van der Waals surface area contributed by atoms with E-state index in [0.29, 0.717) is 28.5 Å². The number of benzene rings is 1. The Bertz CT molecular complexity index is 448. The van der Waals surface area contributed by atoms with E-state index in [4.69, 9.17) is 17.3 Å². The van der Waals surface area contributed by atoms with E-state index in [0.717, 1.165) is 18.5 Å². The number of primary amides is 1. The Balaban J connectivity index is 2.87. The molecule has 0 radical (unpaired) electrons. The lowest BCUT2D eigenvalue weighted by Gasteiger charge is -2.24. The van der Waals surface area contributed by atoms with Gasteiger partial charge in [0.25, 0.3) is 0 Å². The van der Waals surface area contributed by atoms with Gasteiger partial charge in [0.1, 0.15) is 0 Å². The van der Waals surface area contributed by atoms with Gasteiger partial charge in [0.2, 0.25) is 5.91 Å². The number of hydrogen-bond acceptors (Lipinski definition) is 2. The van der Waals surface area contributed by atoms with Crippen LogP contribution in [0, 0.1) is 11.8 Å². The summed E-state index contributed by atoms with van der Waals surface area (Å²) in [4.78, 5) is 11.3. The second-order valence-corrected chi connectivity index (χ2v) is 6.57. The number of nitrogens with one attached hydrogen (secondary N) is 1. The third-order valence-electron chi connectivity index (χ3n) is 3.11. The van der Waals surface area contributed by atoms with Crippen LogP contribution >= 0.6 is 11.6 Å². The van der Waals surface area contributed by atoms with Gasteiger partial charge >= 0.3 is 0 Å². The highest BCUT2D eigenvalue weighted by molar-refractivity contribution is 6.33. The van der Waals surface area contributed by atoms with Crippen LogP contribution in [-0.2, 0) is 0 Å². The summed E-state index contributed by atoms with van der Waals surface area (Å²) in [5.41, 5.74) is 6.59. The minimum Gasteiger partial charge on any atom is -0.382 e. The summed E-state index contributed by atoms with van der Waals surface area (Å²) >= 11 is 5.97. The van der Waals surface area contributed by atoms with Gasteiger partial charge in [-0.05, 0) is 42.9 Å². The molecule has 1 amide bonds. The molecular formula is C16H25ClN2O. The Morgan fingerprint density at radius 2 is 1.75 bits per heavy atom. The molecule has 3 nitrogen and oxygen atoms in total. The van der Waals surface area contributed by atoms with Crippen LogP contribution in [0.25, 0.3) is 0 Å². The van der Waals surface area contributed by atoms with Crippen molar-refractivity contribution in [1.29, 1.82) is 0 Å². The number of nitrogens with two attached hydrogens (primary N) is 1. The van der Waals surface area contributed by atoms with Crippen molar-refractivity contribution in [1.82, 2.24) is 0 Å². The summed E-state index contributed by atoms with van der Waals surface area (Å²) in [7, 11) is 0. The van der Waals surface area contributed by atoms with Crippen molar-refractivity contribution in [2.24, 2.45) is 17.6 Å². The zero-order chi connectivity index (χ0) is 15.3. The van der Waals surface area contributed by atoms with Crippen LogP contribution in [0.5, 0.6) is 0 Å². The molecule has 0 atom stereocenters. The van der Waals surface area contributed by atoms with Crippen molar-refractivity contribution < 1.29 is 4.79 Å². The number of halogens is 1. The number of amides is 1. The molecule has 0 spiro atoms. The Kier molecular flexibility index (Phi) is 6.34. The van der Waals surface area contributed by atoms with E-state index in [1.165, 1.54) is 0 Å². The molecule has 1 aromatic carbocycles. The van der Waals surface area contributed by atoms with Crippen molar-refractivity contribution in [2.45, 2.75) is 46.6 Å². The Morgan fingerprint density at radius 3 is 2.20 bits per heavy atom. The maximum Gasteiger partial charge on any atom is 0.250 e. The van der Waals surface area contributed by atoms with E-state index in [-0.39, 0.29) is 0 Å². The predicted molar refractivity (Wildman–Crippen MR) is 86.3 cm³/mol. The first-order chi connectivity index (χ1) is 9.29. The molecule has 20 heavy (non-hydrogen) atoms. The lowest BCUT2D eigenvalue weighted by Crippen LogP contribution is -2.24. The van der Waals surface area contributed by atoms with Crippen molar-refractivity contribution in [3.8, 4) is 0 Å². The highest BCUT2D eigenvalue weighted by Gasteiger charge is 2.14. The quantitative estimate of drug-likeness (QED) is 0.787. The van der Waals surface area contributed by atoms with Crippen molar-refractivity contribution in [3.63, 3.8) is 0 Å². The monoisotopic (exact) mass is 296 g/mol. The topological polar surface area (TPSA) is 55.1 Å². The van der Waals surface area contributed by atoms with Crippen LogP contribution in [0.4, 0.5) is 5.69 Å². The standard InChI is InChI=1S/C16H25ClN2O/c1-10(2)7-13(8-11(3)4)19-12-5-6-15(17)14(9-12)16(18)20/h5-6,9-11,13,19H,7-8H2,1-4H3,(H2,18,20). The van der Waals surface area contributed by atoms with E-state index in [2.05, 4.69) is 33.0 Å². The molecule has 0 saturated heterocycles. The minimum atomic E-state index is -0.497. The molecule has 0 fully saturated rings. The van der Waals surface area contributed by atoms with Crippen LogP contribution in [-0.4, -0.2) is 11.9 Å². The molecule has 0 heterocycles. The van der Waals surface area contributed by atoms with Gasteiger partial charge in [0.15, 0.2) is 0 Å². The summed E-state index contributed by atoms with van der Waals surface area (Å²) in [6.45, 7) is 8.86. The fourth-order valence-electron chi connectivity index (χ4n) is 2.39. The third-order valence-corrected chi connectivity index (χ3v) is 3.44. The van der Waals surface area contributed by atoms with Gasteiger partial charge in [-0.15, -0.1) is 0 Å². The summed E-state index contributed by atoms with van der Waals surface area (Å²) in [6, 6.07) is 5.73. The summed E-state index contributed by atoms with van der Waals surface area (Å²) in [6.07, 6.45) is 2.18. The van der Waals surface area contributed by atoms with Crippen LogP contribution < -0.4 is 11.1 Å². The van der Waals surface area contributed by atoms with E-state index >= 15 is 0 Å². The number of rotatable bonds is 7. The molecule has 0 saturated carbocycles. The minimum absolute atomic E-state index is 0.365. The number of anilines is 1. The van der Waals surface area contributed by atoms with Gasteiger partial charge in [-0.1, -0.05) is 39.3 Å². The predicted octanol–water partition coefficient (Wildman–Crippen LogP) is 4.31. The molecular weight excluding hydrogens is 272 g/mol. The number of carbonyl (C=O) groups is 1. The highest BCUT2D eigenvalue weighted by atomic mass is 35.5. The molecule has 0 aliphatic heterocycles. The molecule has 3 N–H and O–H groups in total. The summed E-state index contributed by atoms with van der Waals surface area (Å²) in [5, 5.41) is 3.89. The summed E-state index contributed by atoms with van der Waals surface area (Å²) < 4.78 is 0. The fourth-order valence-corrected chi connectivity index (χ4v) is 2.60.